The predicted molar refractivity (Wildman–Crippen MR) is 81.1 cm³/mol. The van der Waals surface area contributed by atoms with Gasteiger partial charge in [0.25, 0.3) is 0 Å². The van der Waals surface area contributed by atoms with Crippen molar-refractivity contribution in [3.63, 3.8) is 0 Å². The van der Waals surface area contributed by atoms with Crippen LogP contribution in [0.4, 0.5) is 10.7 Å². The second kappa shape index (κ2) is 6.05. The maximum atomic E-state index is 12.0. The fraction of sp³-hybridized carbons (Fsp3) is 0.300. The Hall–Kier alpha value is -1.56. The molecule has 2 heterocycles. The van der Waals surface area contributed by atoms with E-state index in [1.165, 1.54) is 11.3 Å². The second-order valence-electron chi connectivity index (χ2n) is 4.10. The van der Waals surface area contributed by atoms with Crippen molar-refractivity contribution in [2.45, 2.75) is 17.6 Å². The van der Waals surface area contributed by atoms with Crippen molar-refractivity contribution in [2.75, 3.05) is 12.3 Å². The van der Waals surface area contributed by atoms with Gasteiger partial charge in [0, 0.05) is 30.1 Å². The summed E-state index contributed by atoms with van der Waals surface area (Å²) in [6.07, 6.45) is 0.459. The molecule has 0 bridgehead atoms. The van der Waals surface area contributed by atoms with Crippen molar-refractivity contribution >= 4 is 43.4 Å². The van der Waals surface area contributed by atoms with E-state index >= 15 is 0 Å². The van der Waals surface area contributed by atoms with Crippen LogP contribution in [-0.2, 0) is 16.4 Å². The third kappa shape index (κ3) is 3.75. The van der Waals surface area contributed by atoms with Crippen molar-refractivity contribution in [3.05, 3.63) is 32.3 Å². The third-order valence-electron chi connectivity index (χ3n) is 2.48. The van der Waals surface area contributed by atoms with Crippen LogP contribution in [0.25, 0.3) is 0 Å². The summed E-state index contributed by atoms with van der Waals surface area (Å²) < 4.78 is 26.3. The lowest BCUT2D eigenvalue weighted by atomic mass is 10.4. The van der Waals surface area contributed by atoms with E-state index in [4.69, 9.17) is 5.73 Å². The number of anilines is 1. The number of hydrogen-bond donors (Lipinski definition) is 2. The minimum Gasteiger partial charge on any atom is -0.385 e. The normalized spacial score (nSPS) is 11.7. The molecule has 2 rings (SSSR count). The van der Waals surface area contributed by atoms with E-state index in [9.17, 15) is 18.5 Å². The molecule has 0 aliphatic carbocycles. The van der Waals surface area contributed by atoms with Gasteiger partial charge in [-0.25, -0.2) is 18.1 Å². The van der Waals surface area contributed by atoms with Crippen LogP contribution >= 0.6 is 22.7 Å². The zero-order chi connectivity index (χ0) is 15.6. The standard InChI is InChI=1S/C10H12N4O4S3/c1-6-5-19-8(13-6)2-3-12-21(17,18)9-4-7(14(15)16)10(11)20-9/h4-5,12H,2-3,11H2,1H3. The van der Waals surface area contributed by atoms with E-state index in [1.807, 2.05) is 12.3 Å². The highest BCUT2D eigenvalue weighted by Crippen LogP contribution is 2.34. The largest absolute Gasteiger partial charge is 0.385 e. The summed E-state index contributed by atoms with van der Waals surface area (Å²) in [6.45, 7) is 2.03. The Balaban J connectivity index is 2.04. The molecule has 0 fully saturated rings. The Morgan fingerprint density at radius 2 is 2.24 bits per heavy atom. The Kier molecular flexibility index (Phi) is 4.56. The van der Waals surface area contributed by atoms with Crippen LogP contribution in [0.5, 0.6) is 0 Å². The number of rotatable bonds is 6. The van der Waals surface area contributed by atoms with Crippen LogP contribution in [0.3, 0.4) is 0 Å². The van der Waals surface area contributed by atoms with Gasteiger partial charge in [-0.3, -0.25) is 10.1 Å². The quantitative estimate of drug-likeness (QED) is 0.601. The smallest absolute Gasteiger partial charge is 0.304 e. The number of sulfonamides is 1. The van der Waals surface area contributed by atoms with Gasteiger partial charge in [-0.05, 0) is 6.92 Å². The zero-order valence-corrected chi connectivity index (χ0v) is 13.3. The van der Waals surface area contributed by atoms with Gasteiger partial charge in [0.05, 0.1) is 9.93 Å². The van der Waals surface area contributed by atoms with Crippen molar-refractivity contribution in [1.82, 2.24) is 9.71 Å². The molecule has 3 N–H and O–H groups in total. The molecule has 2 aromatic rings. The minimum absolute atomic E-state index is 0.129. The van der Waals surface area contributed by atoms with Crippen LogP contribution in [-0.4, -0.2) is 24.9 Å². The number of nitro groups is 1. The molecular formula is C10H12N4O4S3. The van der Waals surface area contributed by atoms with Crippen molar-refractivity contribution < 1.29 is 13.3 Å². The van der Waals surface area contributed by atoms with Gasteiger partial charge in [-0.2, -0.15) is 0 Å². The van der Waals surface area contributed by atoms with Crippen molar-refractivity contribution in [1.29, 1.82) is 0 Å². The average Bonchev–Trinajstić information content (AvgIpc) is 2.96. The molecule has 11 heteroatoms. The van der Waals surface area contributed by atoms with Crippen LogP contribution in [0, 0.1) is 17.0 Å². The Morgan fingerprint density at radius 3 is 2.76 bits per heavy atom. The maximum absolute atomic E-state index is 12.0. The molecule has 0 unspecified atom stereocenters. The van der Waals surface area contributed by atoms with Crippen molar-refractivity contribution in [2.24, 2.45) is 0 Å². The van der Waals surface area contributed by atoms with E-state index in [0.29, 0.717) is 17.8 Å². The molecular weight excluding hydrogens is 336 g/mol. The fourth-order valence-electron chi connectivity index (χ4n) is 1.53. The molecule has 0 saturated heterocycles. The number of hydrogen-bond acceptors (Lipinski definition) is 8. The second-order valence-corrected chi connectivity index (χ2v) is 8.12. The number of nitrogens with two attached hydrogens (primary N) is 1. The molecule has 2 aromatic heterocycles. The first-order chi connectivity index (χ1) is 9.79. The topological polar surface area (TPSA) is 128 Å². The molecule has 0 saturated carbocycles. The number of nitrogens with one attached hydrogen (secondary N) is 1. The molecule has 8 nitrogen and oxygen atoms in total. The van der Waals surface area contributed by atoms with Crippen LogP contribution in [0.15, 0.2) is 15.7 Å². The molecule has 0 aromatic carbocycles. The van der Waals surface area contributed by atoms with E-state index in [2.05, 4.69) is 9.71 Å². The highest BCUT2D eigenvalue weighted by atomic mass is 32.2. The number of thiazole rings is 1. The molecule has 0 aliphatic heterocycles. The monoisotopic (exact) mass is 348 g/mol. The highest BCUT2D eigenvalue weighted by molar-refractivity contribution is 7.91. The zero-order valence-electron chi connectivity index (χ0n) is 10.9. The maximum Gasteiger partial charge on any atom is 0.304 e. The lowest BCUT2D eigenvalue weighted by molar-refractivity contribution is -0.383. The van der Waals surface area contributed by atoms with E-state index in [-0.39, 0.29) is 15.8 Å². The van der Waals surface area contributed by atoms with E-state index < -0.39 is 20.6 Å². The molecule has 0 aliphatic rings. The summed E-state index contributed by atoms with van der Waals surface area (Å²) in [5.74, 6) is 0. The van der Waals surface area contributed by atoms with E-state index in [1.54, 1.807) is 0 Å². The third-order valence-corrected chi connectivity index (χ3v) is 6.39. The summed E-state index contributed by atoms with van der Waals surface area (Å²) >= 11 is 2.13. The number of nitrogens with zero attached hydrogens (tertiary/aromatic N) is 2. The van der Waals surface area contributed by atoms with Gasteiger partial charge in [-0.15, -0.1) is 11.3 Å². The van der Waals surface area contributed by atoms with Gasteiger partial charge in [0.2, 0.25) is 10.0 Å². The summed E-state index contributed by atoms with van der Waals surface area (Å²) in [6, 6.07) is 0.968. The lowest BCUT2D eigenvalue weighted by Crippen LogP contribution is -2.25. The SMILES string of the molecule is Cc1csc(CCNS(=O)(=O)c2cc([N+](=O)[O-])c(N)s2)n1. The average molecular weight is 348 g/mol. The summed E-state index contributed by atoms with van der Waals surface area (Å²) in [7, 11) is -3.80. The predicted octanol–water partition coefficient (Wildman–Crippen LogP) is 1.52. The van der Waals surface area contributed by atoms with Crippen LogP contribution < -0.4 is 10.5 Å². The van der Waals surface area contributed by atoms with Crippen molar-refractivity contribution in [3.8, 4) is 0 Å². The summed E-state index contributed by atoms with van der Waals surface area (Å²) in [5, 5.41) is 13.3. The molecule has 21 heavy (non-hydrogen) atoms. The van der Waals surface area contributed by atoms with Gasteiger partial charge in [0.15, 0.2) is 5.00 Å². The van der Waals surface area contributed by atoms with Gasteiger partial charge in [0.1, 0.15) is 4.21 Å². The number of aryl methyl sites for hydroxylation is 1. The molecule has 0 amide bonds. The lowest BCUT2D eigenvalue weighted by Gasteiger charge is -2.02. The van der Waals surface area contributed by atoms with Gasteiger partial charge in [-0.1, -0.05) is 11.3 Å². The molecule has 0 atom stereocenters. The van der Waals surface area contributed by atoms with Crippen LogP contribution in [0.2, 0.25) is 0 Å². The Morgan fingerprint density at radius 1 is 1.52 bits per heavy atom. The molecule has 114 valence electrons. The van der Waals surface area contributed by atoms with E-state index in [0.717, 1.165) is 16.8 Å². The summed E-state index contributed by atoms with van der Waals surface area (Å²) in [4.78, 5) is 14.2. The Bertz CT molecular complexity index is 765. The van der Waals surface area contributed by atoms with Gasteiger partial charge < -0.3 is 5.73 Å². The number of thiophene rings is 1. The van der Waals surface area contributed by atoms with Crippen LogP contribution in [0.1, 0.15) is 10.7 Å². The first kappa shape index (κ1) is 15.8. The number of nitrogen functional groups attached to an aromatic ring is 1. The first-order valence-electron chi connectivity index (χ1n) is 5.74. The minimum atomic E-state index is -3.80. The molecule has 0 radical (unpaired) electrons. The fourth-order valence-corrected chi connectivity index (χ4v) is 4.59. The first-order valence-corrected chi connectivity index (χ1v) is 8.92. The van der Waals surface area contributed by atoms with Gasteiger partial charge >= 0.3 is 5.69 Å². The highest BCUT2D eigenvalue weighted by Gasteiger charge is 2.24. The molecule has 0 spiro atoms. The Labute approximate surface area is 128 Å². The number of aromatic nitrogens is 1. The summed E-state index contributed by atoms with van der Waals surface area (Å²) in [5.41, 5.74) is 5.93.